The summed E-state index contributed by atoms with van der Waals surface area (Å²) >= 11 is 1.88. The van der Waals surface area contributed by atoms with Gasteiger partial charge >= 0.3 is 4.87 Å². The van der Waals surface area contributed by atoms with Crippen LogP contribution in [0.15, 0.2) is 82.6 Å². The van der Waals surface area contributed by atoms with Gasteiger partial charge in [0.1, 0.15) is 29.2 Å². The van der Waals surface area contributed by atoms with E-state index in [0.717, 1.165) is 40.1 Å². The van der Waals surface area contributed by atoms with E-state index < -0.39 is 57.1 Å². The third kappa shape index (κ3) is 4.52. The molecule has 0 bridgehead atoms. The predicted octanol–water partition coefficient (Wildman–Crippen LogP) is 4.76. The standard InChI is InChI=1S/C28H18F3N3O4S2/c29-15-3-1-14(2-4-15)21-22-23(26(37)34(25(22)36)19-11-7-17(31)8-12-19)39-27-24(21)40-28(38)33(27)13-20(35)32-18-9-5-16(30)6-10-18/h1-12,21-23H,13H2,(H,32,35)/t21-,22-,23+/m0/s1. The third-order valence-electron chi connectivity index (χ3n) is 6.79. The summed E-state index contributed by atoms with van der Waals surface area (Å²) in [6, 6.07) is 15.6. The topological polar surface area (TPSA) is 88.5 Å². The van der Waals surface area contributed by atoms with Crippen molar-refractivity contribution in [2.24, 2.45) is 5.92 Å². The van der Waals surface area contributed by atoms with Crippen molar-refractivity contribution in [3.05, 3.63) is 110 Å². The van der Waals surface area contributed by atoms with E-state index in [1.54, 1.807) is 0 Å². The molecule has 4 aromatic rings. The lowest BCUT2D eigenvalue weighted by atomic mass is 9.83. The maximum atomic E-state index is 13.8. The monoisotopic (exact) mass is 581 g/mol. The molecular weight excluding hydrogens is 563 g/mol. The molecule has 1 N–H and O–H groups in total. The molecule has 0 radical (unpaired) electrons. The number of nitrogens with zero attached hydrogens (tertiary/aromatic N) is 2. The largest absolute Gasteiger partial charge is 0.325 e. The summed E-state index contributed by atoms with van der Waals surface area (Å²) in [6.45, 7) is -0.383. The average molecular weight is 582 g/mol. The lowest BCUT2D eigenvalue weighted by Gasteiger charge is -2.30. The molecule has 0 unspecified atom stereocenters. The Morgan fingerprint density at radius 2 is 1.38 bits per heavy atom. The van der Waals surface area contributed by atoms with E-state index in [-0.39, 0.29) is 12.2 Å². The number of thioether (sulfide) groups is 1. The maximum Gasteiger partial charge on any atom is 0.308 e. The number of fused-ring (bicyclic) bond motifs is 2. The highest BCUT2D eigenvalue weighted by molar-refractivity contribution is 8.00. The fourth-order valence-corrected chi connectivity index (χ4v) is 7.78. The molecule has 202 valence electrons. The van der Waals surface area contributed by atoms with Gasteiger partial charge < -0.3 is 5.32 Å². The van der Waals surface area contributed by atoms with E-state index in [1.807, 2.05) is 0 Å². The van der Waals surface area contributed by atoms with E-state index in [1.165, 1.54) is 65.2 Å². The quantitative estimate of drug-likeness (QED) is 0.344. The van der Waals surface area contributed by atoms with Crippen LogP contribution < -0.4 is 15.1 Å². The van der Waals surface area contributed by atoms with Crippen LogP contribution in [0.1, 0.15) is 16.4 Å². The molecule has 3 aromatic carbocycles. The summed E-state index contributed by atoms with van der Waals surface area (Å²) in [5, 5.41) is 2.03. The lowest BCUT2D eigenvalue weighted by Crippen LogP contribution is -2.33. The smallest absolute Gasteiger partial charge is 0.308 e. The Labute approximate surface area is 233 Å². The highest BCUT2D eigenvalue weighted by atomic mass is 32.2. The van der Waals surface area contributed by atoms with Crippen molar-refractivity contribution in [3.8, 4) is 0 Å². The minimum absolute atomic E-state index is 0.212. The first-order chi connectivity index (χ1) is 19.2. The van der Waals surface area contributed by atoms with Gasteiger partial charge in [0.05, 0.1) is 16.6 Å². The van der Waals surface area contributed by atoms with Crippen LogP contribution in [0, 0.1) is 23.4 Å². The van der Waals surface area contributed by atoms with Gasteiger partial charge in [0.15, 0.2) is 0 Å². The molecule has 3 atom stereocenters. The van der Waals surface area contributed by atoms with Gasteiger partial charge in [0.2, 0.25) is 17.7 Å². The number of halogens is 3. The summed E-state index contributed by atoms with van der Waals surface area (Å²) in [4.78, 5) is 54.4. The third-order valence-corrected chi connectivity index (χ3v) is 9.40. The van der Waals surface area contributed by atoms with Crippen LogP contribution in [0.5, 0.6) is 0 Å². The molecule has 0 saturated carbocycles. The molecule has 7 nitrogen and oxygen atoms in total. The van der Waals surface area contributed by atoms with Crippen molar-refractivity contribution < 1.29 is 27.6 Å². The SMILES string of the molecule is O=C(Cn1c2c(sc1=O)[C@@H](c1ccc(F)cc1)[C@@H]1C(=O)N(c3ccc(F)cc3)C(=O)[C@@H]1S2)Nc1ccc(F)cc1. The number of aromatic nitrogens is 1. The van der Waals surface area contributed by atoms with Crippen molar-refractivity contribution in [1.82, 2.24) is 4.57 Å². The molecule has 1 fully saturated rings. The first kappa shape index (κ1) is 26.1. The van der Waals surface area contributed by atoms with Gasteiger partial charge in [-0.25, -0.2) is 18.1 Å². The molecule has 2 aliphatic heterocycles. The number of carbonyl (C=O) groups excluding carboxylic acids is 3. The van der Waals surface area contributed by atoms with Crippen LogP contribution in [-0.4, -0.2) is 27.5 Å². The van der Waals surface area contributed by atoms with Crippen LogP contribution in [0.2, 0.25) is 0 Å². The van der Waals surface area contributed by atoms with E-state index in [2.05, 4.69) is 5.32 Å². The number of benzene rings is 3. The predicted molar refractivity (Wildman–Crippen MR) is 144 cm³/mol. The number of carbonyl (C=O) groups is 3. The molecule has 2 aliphatic rings. The minimum atomic E-state index is -0.944. The summed E-state index contributed by atoms with van der Waals surface area (Å²) in [5.74, 6) is -4.76. The van der Waals surface area contributed by atoms with Gasteiger partial charge in [0.25, 0.3) is 0 Å². The summed E-state index contributed by atoms with van der Waals surface area (Å²) in [7, 11) is 0. The van der Waals surface area contributed by atoms with E-state index in [0.29, 0.717) is 21.2 Å². The molecule has 12 heteroatoms. The summed E-state index contributed by atoms with van der Waals surface area (Å²) < 4.78 is 41.8. The van der Waals surface area contributed by atoms with Crippen LogP contribution in [-0.2, 0) is 20.9 Å². The van der Waals surface area contributed by atoms with E-state index in [9.17, 15) is 32.3 Å². The van der Waals surface area contributed by atoms with Crippen LogP contribution >= 0.6 is 23.1 Å². The van der Waals surface area contributed by atoms with Gasteiger partial charge in [0, 0.05) is 16.5 Å². The zero-order valence-corrected chi connectivity index (χ0v) is 22.0. The number of rotatable bonds is 5. The Morgan fingerprint density at radius 3 is 2.00 bits per heavy atom. The first-order valence-electron chi connectivity index (χ1n) is 12.1. The fourth-order valence-electron chi connectivity index (χ4n) is 5.01. The molecule has 3 heterocycles. The van der Waals surface area contributed by atoms with E-state index in [4.69, 9.17) is 0 Å². The van der Waals surface area contributed by atoms with Gasteiger partial charge in [-0.3, -0.25) is 23.7 Å². The number of amides is 3. The second-order valence-corrected chi connectivity index (χ2v) is 11.4. The Hall–Kier alpha value is -4.16. The summed E-state index contributed by atoms with van der Waals surface area (Å²) in [5.41, 5.74) is 1.08. The Bertz CT molecular complexity index is 1700. The minimum Gasteiger partial charge on any atom is -0.325 e. The Kier molecular flexibility index (Phi) is 6.59. The van der Waals surface area contributed by atoms with Gasteiger partial charge in [-0.1, -0.05) is 35.2 Å². The maximum absolute atomic E-state index is 13.8. The zero-order chi connectivity index (χ0) is 28.1. The van der Waals surface area contributed by atoms with Crippen molar-refractivity contribution in [3.63, 3.8) is 0 Å². The first-order valence-corrected chi connectivity index (χ1v) is 13.8. The van der Waals surface area contributed by atoms with Crippen LogP contribution in [0.3, 0.4) is 0 Å². The molecule has 40 heavy (non-hydrogen) atoms. The highest BCUT2D eigenvalue weighted by Crippen LogP contribution is 2.53. The fraction of sp³-hybridized carbons (Fsp3) is 0.143. The number of imide groups is 1. The molecular formula is C28H18F3N3O4S2. The van der Waals surface area contributed by atoms with Crippen LogP contribution in [0.25, 0.3) is 0 Å². The summed E-state index contributed by atoms with van der Waals surface area (Å²) in [6.07, 6.45) is 0. The Morgan fingerprint density at radius 1 is 0.800 bits per heavy atom. The van der Waals surface area contributed by atoms with Gasteiger partial charge in [-0.2, -0.15) is 0 Å². The van der Waals surface area contributed by atoms with Gasteiger partial charge in [-0.15, -0.1) is 0 Å². The van der Waals surface area contributed by atoms with Crippen molar-refractivity contribution in [1.29, 1.82) is 0 Å². The number of hydrogen-bond acceptors (Lipinski definition) is 6. The molecule has 6 rings (SSSR count). The normalized spacial score (nSPS) is 19.9. The molecule has 0 spiro atoms. The number of thiazole rings is 1. The Balaban J connectivity index is 1.40. The number of nitrogens with one attached hydrogen (secondary N) is 1. The van der Waals surface area contributed by atoms with Gasteiger partial charge in [-0.05, 0) is 66.2 Å². The number of anilines is 2. The molecule has 3 amide bonds. The second kappa shape index (κ2) is 10.1. The van der Waals surface area contributed by atoms with E-state index >= 15 is 0 Å². The average Bonchev–Trinajstić information content (AvgIpc) is 3.37. The van der Waals surface area contributed by atoms with Crippen LogP contribution in [0.4, 0.5) is 24.5 Å². The van der Waals surface area contributed by atoms with Crippen molar-refractivity contribution in [2.75, 3.05) is 10.2 Å². The molecule has 1 aromatic heterocycles. The zero-order valence-electron chi connectivity index (χ0n) is 20.3. The molecule has 0 aliphatic carbocycles. The highest BCUT2D eigenvalue weighted by Gasteiger charge is 2.56. The van der Waals surface area contributed by atoms with Crippen molar-refractivity contribution >= 4 is 52.2 Å². The number of hydrogen-bond donors (Lipinski definition) is 1. The van der Waals surface area contributed by atoms with Crippen molar-refractivity contribution in [2.45, 2.75) is 22.7 Å². The lowest BCUT2D eigenvalue weighted by molar-refractivity contribution is -0.122. The second-order valence-electron chi connectivity index (χ2n) is 9.26. The molecule has 1 saturated heterocycles.